The number of rotatable bonds is 1. The number of likely N-dealkylation sites (tertiary alicyclic amines) is 1. The summed E-state index contributed by atoms with van der Waals surface area (Å²) in [5, 5.41) is 5.18. The third-order valence-corrected chi connectivity index (χ3v) is 6.51. The average molecular weight is 323 g/mol. The van der Waals surface area contributed by atoms with Crippen LogP contribution in [0.15, 0.2) is 24.3 Å². The Kier molecular flexibility index (Phi) is 3.24. The molecule has 2 aromatic rings. The molecular formula is C20H25N3O. The van der Waals surface area contributed by atoms with Gasteiger partial charge >= 0.3 is 0 Å². The minimum atomic E-state index is 0.0308. The molecule has 0 atom stereocenters. The fourth-order valence-electron chi connectivity index (χ4n) is 4.83. The Morgan fingerprint density at radius 1 is 1.17 bits per heavy atom. The van der Waals surface area contributed by atoms with Gasteiger partial charge in [0, 0.05) is 42.1 Å². The van der Waals surface area contributed by atoms with Crippen molar-refractivity contribution in [3.8, 4) is 0 Å². The number of aromatic nitrogens is 1. The van der Waals surface area contributed by atoms with Crippen LogP contribution in [0.4, 0.5) is 0 Å². The Balaban J connectivity index is 1.43. The smallest absolute Gasteiger partial charge is 0.225 e. The van der Waals surface area contributed by atoms with Gasteiger partial charge in [-0.25, -0.2) is 0 Å². The molecule has 0 radical (unpaired) electrons. The van der Waals surface area contributed by atoms with Crippen molar-refractivity contribution >= 4 is 16.8 Å². The standard InChI is InChI=1S/C20H25N3O/c24-19(14-4-3-5-14)23-12-9-20(10-13-23)18-16(8-11-21-20)15-6-1-2-7-17(15)22-18/h1-2,6-7,14,21-22H,3-5,8-13H2. The Labute approximate surface area is 142 Å². The molecule has 1 saturated heterocycles. The molecule has 1 amide bonds. The lowest BCUT2D eigenvalue weighted by Gasteiger charge is -2.46. The third-order valence-electron chi connectivity index (χ3n) is 6.51. The number of nitrogens with zero attached hydrogens (tertiary/aromatic N) is 1. The SMILES string of the molecule is O=C(C1CCC1)N1CCC2(CC1)NCCc1c2[nH]c2ccccc12. The summed E-state index contributed by atoms with van der Waals surface area (Å²) in [6.07, 6.45) is 6.56. The van der Waals surface area contributed by atoms with Crippen molar-refractivity contribution in [1.82, 2.24) is 15.2 Å². The molecule has 4 nitrogen and oxygen atoms in total. The minimum absolute atomic E-state index is 0.0308. The highest BCUT2D eigenvalue weighted by Gasteiger charge is 2.43. The summed E-state index contributed by atoms with van der Waals surface area (Å²) in [7, 11) is 0. The van der Waals surface area contributed by atoms with Gasteiger partial charge in [-0.1, -0.05) is 24.6 Å². The van der Waals surface area contributed by atoms with Gasteiger partial charge in [0.1, 0.15) is 0 Å². The van der Waals surface area contributed by atoms with Gasteiger partial charge in [-0.3, -0.25) is 4.79 Å². The Hall–Kier alpha value is -1.81. The molecule has 24 heavy (non-hydrogen) atoms. The number of benzene rings is 1. The zero-order chi connectivity index (χ0) is 16.1. The topological polar surface area (TPSA) is 48.1 Å². The second kappa shape index (κ2) is 5.35. The second-order valence-corrected chi connectivity index (χ2v) is 7.74. The van der Waals surface area contributed by atoms with Crippen LogP contribution in [0, 0.1) is 5.92 Å². The van der Waals surface area contributed by atoms with E-state index in [4.69, 9.17) is 0 Å². The second-order valence-electron chi connectivity index (χ2n) is 7.74. The van der Waals surface area contributed by atoms with Crippen LogP contribution >= 0.6 is 0 Å². The van der Waals surface area contributed by atoms with Crippen LogP contribution in [0.5, 0.6) is 0 Å². The van der Waals surface area contributed by atoms with E-state index in [1.165, 1.54) is 28.6 Å². The zero-order valence-corrected chi connectivity index (χ0v) is 14.1. The maximum atomic E-state index is 12.5. The Morgan fingerprint density at radius 2 is 1.96 bits per heavy atom. The monoisotopic (exact) mass is 323 g/mol. The number of amides is 1. The van der Waals surface area contributed by atoms with Gasteiger partial charge in [0.05, 0.1) is 5.54 Å². The molecule has 3 heterocycles. The highest BCUT2D eigenvalue weighted by Crippen LogP contribution is 2.40. The van der Waals surface area contributed by atoms with Crippen molar-refractivity contribution in [2.45, 2.75) is 44.1 Å². The molecular weight excluding hydrogens is 298 g/mol. The highest BCUT2D eigenvalue weighted by molar-refractivity contribution is 5.85. The largest absolute Gasteiger partial charge is 0.357 e. The van der Waals surface area contributed by atoms with E-state index in [1.54, 1.807) is 0 Å². The number of aromatic amines is 1. The van der Waals surface area contributed by atoms with Gasteiger partial charge in [0.25, 0.3) is 0 Å². The molecule has 1 aromatic carbocycles. The normalized spacial score (nSPS) is 23.2. The molecule has 4 heteroatoms. The van der Waals surface area contributed by atoms with Gasteiger partial charge < -0.3 is 15.2 Å². The molecule has 1 saturated carbocycles. The molecule has 0 unspecified atom stereocenters. The summed E-state index contributed by atoms with van der Waals surface area (Å²) in [4.78, 5) is 18.4. The number of carbonyl (C=O) groups is 1. The zero-order valence-electron chi connectivity index (χ0n) is 14.1. The number of hydrogen-bond acceptors (Lipinski definition) is 2. The number of hydrogen-bond donors (Lipinski definition) is 2. The number of fused-ring (bicyclic) bond motifs is 4. The summed E-state index contributed by atoms with van der Waals surface area (Å²) in [6.45, 7) is 2.81. The van der Waals surface area contributed by atoms with Crippen LogP contribution in [0.1, 0.15) is 43.4 Å². The van der Waals surface area contributed by atoms with Crippen LogP contribution in [0.3, 0.4) is 0 Å². The van der Waals surface area contributed by atoms with Crippen molar-refractivity contribution in [1.29, 1.82) is 0 Å². The van der Waals surface area contributed by atoms with Crippen LogP contribution in [-0.2, 0) is 16.8 Å². The summed E-state index contributed by atoms with van der Waals surface area (Å²) >= 11 is 0. The van der Waals surface area contributed by atoms with E-state index in [9.17, 15) is 4.79 Å². The van der Waals surface area contributed by atoms with E-state index >= 15 is 0 Å². The summed E-state index contributed by atoms with van der Waals surface area (Å²) in [6, 6.07) is 8.64. The predicted octanol–water partition coefficient (Wildman–Crippen LogP) is 2.93. The molecule has 1 aromatic heterocycles. The van der Waals surface area contributed by atoms with Crippen molar-refractivity contribution in [2.24, 2.45) is 5.92 Å². The molecule has 0 bridgehead atoms. The minimum Gasteiger partial charge on any atom is -0.357 e. The third kappa shape index (κ3) is 2.05. The van der Waals surface area contributed by atoms with E-state index in [-0.39, 0.29) is 5.54 Å². The van der Waals surface area contributed by atoms with Crippen LogP contribution in [-0.4, -0.2) is 35.4 Å². The number of H-pyrrole nitrogens is 1. The number of piperidine rings is 1. The Morgan fingerprint density at radius 3 is 2.71 bits per heavy atom. The summed E-state index contributed by atoms with van der Waals surface area (Å²) < 4.78 is 0. The number of carbonyl (C=O) groups excluding carboxylic acids is 1. The Bertz CT molecular complexity index is 781. The van der Waals surface area contributed by atoms with E-state index in [2.05, 4.69) is 39.5 Å². The van der Waals surface area contributed by atoms with Crippen LogP contribution in [0.2, 0.25) is 0 Å². The molecule has 126 valence electrons. The van der Waals surface area contributed by atoms with Crippen molar-refractivity contribution in [2.75, 3.05) is 19.6 Å². The lowest BCUT2D eigenvalue weighted by Crippen LogP contribution is -2.56. The first-order valence-corrected chi connectivity index (χ1v) is 9.41. The molecule has 2 N–H and O–H groups in total. The van der Waals surface area contributed by atoms with E-state index in [0.29, 0.717) is 11.8 Å². The van der Waals surface area contributed by atoms with Gasteiger partial charge in [-0.05, 0) is 43.7 Å². The average Bonchev–Trinajstić information content (AvgIpc) is 2.95. The van der Waals surface area contributed by atoms with E-state index in [1.807, 2.05) is 0 Å². The predicted molar refractivity (Wildman–Crippen MR) is 94.8 cm³/mol. The van der Waals surface area contributed by atoms with Crippen molar-refractivity contribution in [3.63, 3.8) is 0 Å². The van der Waals surface area contributed by atoms with Gasteiger partial charge in [-0.2, -0.15) is 0 Å². The lowest BCUT2D eigenvalue weighted by molar-refractivity contribution is -0.140. The summed E-state index contributed by atoms with van der Waals surface area (Å²) in [5.74, 6) is 0.728. The number of nitrogens with one attached hydrogen (secondary N) is 2. The maximum absolute atomic E-state index is 12.5. The van der Waals surface area contributed by atoms with Crippen LogP contribution < -0.4 is 5.32 Å². The maximum Gasteiger partial charge on any atom is 0.225 e. The first-order valence-electron chi connectivity index (χ1n) is 9.41. The van der Waals surface area contributed by atoms with E-state index in [0.717, 1.165) is 51.7 Å². The highest BCUT2D eigenvalue weighted by atomic mass is 16.2. The van der Waals surface area contributed by atoms with Gasteiger partial charge in [-0.15, -0.1) is 0 Å². The number of para-hydroxylation sites is 1. The van der Waals surface area contributed by atoms with Gasteiger partial charge in [0.15, 0.2) is 0 Å². The van der Waals surface area contributed by atoms with Crippen LogP contribution in [0.25, 0.3) is 10.9 Å². The molecule has 1 aliphatic carbocycles. The quantitative estimate of drug-likeness (QED) is 0.848. The molecule has 2 fully saturated rings. The van der Waals surface area contributed by atoms with Crippen molar-refractivity contribution < 1.29 is 4.79 Å². The molecule has 3 aliphatic rings. The molecule has 1 spiro atoms. The first kappa shape index (κ1) is 14.5. The fourth-order valence-corrected chi connectivity index (χ4v) is 4.83. The van der Waals surface area contributed by atoms with Crippen molar-refractivity contribution in [3.05, 3.63) is 35.5 Å². The molecule has 5 rings (SSSR count). The van der Waals surface area contributed by atoms with Gasteiger partial charge in [0.2, 0.25) is 5.91 Å². The lowest BCUT2D eigenvalue weighted by atomic mass is 9.78. The summed E-state index contributed by atoms with van der Waals surface area (Å²) in [5.41, 5.74) is 4.15. The van der Waals surface area contributed by atoms with E-state index < -0.39 is 0 Å². The molecule has 2 aliphatic heterocycles. The fraction of sp³-hybridized carbons (Fsp3) is 0.550. The first-order chi connectivity index (χ1) is 11.8.